The SMILES string of the molecule is CNc1[nH]c2cc(N(S(=O)(=O)c3ccccc3)S(=O)(=O)c3ccccc3)ccc2c1C(N)=O. The molecule has 0 saturated carbocycles. The van der Waals surface area contributed by atoms with Gasteiger partial charge in [-0.2, -0.15) is 3.71 Å². The number of H-pyrrole nitrogens is 1. The molecule has 0 spiro atoms. The number of aromatic nitrogens is 1. The van der Waals surface area contributed by atoms with Gasteiger partial charge in [-0.1, -0.05) is 36.4 Å². The second-order valence-electron chi connectivity index (χ2n) is 7.05. The normalized spacial score (nSPS) is 11.9. The fourth-order valence-corrected chi connectivity index (χ4v) is 7.24. The van der Waals surface area contributed by atoms with Gasteiger partial charge in [0.15, 0.2) is 0 Å². The molecule has 0 radical (unpaired) electrons. The molecular formula is C22H20N4O5S2. The fourth-order valence-electron chi connectivity index (χ4n) is 3.53. The van der Waals surface area contributed by atoms with Crippen molar-refractivity contribution in [1.29, 1.82) is 0 Å². The highest BCUT2D eigenvalue weighted by Gasteiger charge is 2.37. The molecule has 9 nitrogen and oxygen atoms in total. The van der Waals surface area contributed by atoms with Crippen molar-refractivity contribution in [2.24, 2.45) is 5.73 Å². The molecule has 1 amide bonds. The second-order valence-corrected chi connectivity index (χ2v) is 10.9. The zero-order valence-electron chi connectivity index (χ0n) is 17.4. The molecule has 11 heteroatoms. The molecule has 0 aliphatic rings. The number of amides is 1. The van der Waals surface area contributed by atoms with Gasteiger partial charge in [0.2, 0.25) is 0 Å². The van der Waals surface area contributed by atoms with Crippen LogP contribution in [0.5, 0.6) is 0 Å². The molecule has 0 aliphatic heterocycles. The van der Waals surface area contributed by atoms with E-state index in [2.05, 4.69) is 10.3 Å². The topological polar surface area (TPSA) is 142 Å². The average molecular weight is 485 g/mol. The summed E-state index contributed by atoms with van der Waals surface area (Å²) in [6.45, 7) is 0. The Morgan fingerprint density at radius 3 is 1.82 bits per heavy atom. The summed E-state index contributed by atoms with van der Waals surface area (Å²) < 4.78 is 54.7. The molecule has 1 aromatic heterocycles. The zero-order chi connectivity index (χ0) is 23.8. The maximum Gasteiger partial charge on any atom is 0.277 e. The predicted octanol–water partition coefficient (Wildman–Crippen LogP) is 2.89. The first-order valence-corrected chi connectivity index (χ1v) is 12.6. The highest BCUT2D eigenvalue weighted by Crippen LogP contribution is 2.35. The van der Waals surface area contributed by atoms with Crippen LogP contribution >= 0.6 is 0 Å². The number of carbonyl (C=O) groups excluding carboxylic acids is 1. The summed E-state index contributed by atoms with van der Waals surface area (Å²) >= 11 is 0. The Bertz CT molecular complexity index is 1480. The maximum absolute atomic E-state index is 13.6. The first-order chi connectivity index (χ1) is 15.7. The van der Waals surface area contributed by atoms with Crippen molar-refractivity contribution in [2.75, 3.05) is 16.1 Å². The van der Waals surface area contributed by atoms with Crippen LogP contribution in [0.15, 0.2) is 88.7 Å². The third kappa shape index (κ3) is 3.81. The van der Waals surface area contributed by atoms with Crippen molar-refractivity contribution in [3.63, 3.8) is 0 Å². The Labute approximate surface area is 190 Å². The van der Waals surface area contributed by atoms with E-state index < -0.39 is 26.0 Å². The fraction of sp³-hybridized carbons (Fsp3) is 0.0455. The van der Waals surface area contributed by atoms with Crippen molar-refractivity contribution in [3.05, 3.63) is 84.4 Å². The minimum Gasteiger partial charge on any atom is -0.374 e. The van der Waals surface area contributed by atoms with Gasteiger partial charge in [-0.15, -0.1) is 0 Å². The third-order valence-corrected chi connectivity index (χ3v) is 9.22. The molecule has 4 rings (SSSR count). The molecule has 33 heavy (non-hydrogen) atoms. The standard InChI is InChI=1S/C22H20N4O5S2/c1-24-22-20(21(23)27)18-13-12-15(14-19(18)25-22)26(32(28,29)16-8-4-2-5-9-16)33(30,31)17-10-6-3-7-11-17/h2-14,24-25H,1H3,(H2,23,27). The first kappa shape index (κ1) is 22.4. The molecule has 3 aromatic carbocycles. The monoisotopic (exact) mass is 484 g/mol. The number of benzene rings is 3. The van der Waals surface area contributed by atoms with Crippen LogP contribution in [0.3, 0.4) is 0 Å². The van der Waals surface area contributed by atoms with Crippen LogP contribution < -0.4 is 14.8 Å². The lowest BCUT2D eigenvalue weighted by molar-refractivity contribution is 0.100. The summed E-state index contributed by atoms with van der Waals surface area (Å²) in [6, 6.07) is 18.7. The van der Waals surface area contributed by atoms with Crippen molar-refractivity contribution >= 4 is 48.4 Å². The molecule has 0 atom stereocenters. The van der Waals surface area contributed by atoms with Crippen LogP contribution in [0.1, 0.15) is 10.4 Å². The van der Waals surface area contributed by atoms with Crippen molar-refractivity contribution < 1.29 is 21.6 Å². The molecular weight excluding hydrogens is 464 g/mol. The number of nitrogens with two attached hydrogens (primary N) is 1. The Morgan fingerprint density at radius 1 is 0.848 bits per heavy atom. The van der Waals surface area contributed by atoms with Gasteiger partial charge >= 0.3 is 0 Å². The second kappa shape index (κ2) is 8.26. The van der Waals surface area contributed by atoms with Crippen LogP contribution in [-0.2, 0) is 20.0 Å². The van der Waals surface area contributed by atoms with Crippen LogP contribution in [0.2, 0.25) is 0 Å². The smallest absolute Gasteiger partial charge is 0.277 e. The number of anilines is 2. The van der Waals surface area contributed by atoms with E-state index in [0.29, 0.717) is 20.4 Å². The zero-order valence-corrected chi connectivity index (χ0v) is 19.0. The molecule has 4 N–H and O–H groups in total. The molecule has 0 unspecified atom stereocenters. The van der Waals surface area contributed by atoms with Crippen molar-refractivity contribution in [1.82, 2.24) is 4.98 Å². The number of hydrogen-bond acceptors (Lipinski definition) is 6. The molecule has 0 bridgehead atoms. The lowest BCUT2D eigenvalue weighted by atomic mass is 10.1. The Kier molecular flexibility index (Phi) is 5.60. The van der Waals surface area contributed by atoms with Gasteiger partial charge in [-0.05, 0) is 42.5 Å². The van der Waals surface area contributed by atoms with Gasteiger partial charge in [0.1, 0.15) is 5.82 Å². The van der Waals surface area contributed by atoms with E-state index in [4.69, 9.17) is 5.73 Å². The predicted molar refractivity (Wildman–Crippen MR) is 126 cm³/mol. The maximum atomic E-state index is 13.6. The first-order valence-electron chi connectivity index (χ1n) is 9.72. The van der Waals surface area contributed by atoms with E-state index in [1.807, 2.05) is 0 Å². The molecule has 0 aliphatic carbocycles. The van der Waals surface area contributed by atoms with Gasteiger partial charge in [0, 0.05) is 18.0 Å². The van der Waals surface area contributed by atoms with E-state index in [1.165, 1.54) is 66.7 Å². The Morgan fingerprint density at radius 2 is 1.36 bits per heavy atom. The van der Waals surface area contributed by atoms with E-state index in [-0.39, 0.29) is 21.0 Å². The van der Waals surface area contributed by atoms with Crippen LogP contribution in [0, 0.1) is 0 Å². The number of aromatic amines is 1. The molecule has 1 heterocycles. The highest BCUT2D eigenvalue weighted by atomic mass is 32.3. The summed E-state index contributed by atoms with van der Waals surface area (Å²) in [6.07, 6.45) is 0. The van der Waals surface area contributed by atoms with Gasteiger partial charge in [0.25, 0.3) is 26.0 Å². The number of rotatable bonds is 7. The average Bonchev–Trinajstić information content (AvgIpc) is 3.18. The number of fused-ring (bicyclic) bond motifs is 1. The summed E-state index contributed by atoms with van der Waals surface area (Å²) in [4.78, 5) is 14.5. The lowest BCUT2D eigenvalue weighted by Gasteiger charge is -2.24. The minimum atomic E-state index is -4.53. The summed E-state index contributed by atoms with van der Waals surface area (Å²) in [7, 11) is -7.47. The third-order valence-electron chi connectivity index (χ3n) is 5.01. The van der Waals surface area contributed by atoms with Gasteiger partial charge in [0.05, 0.1) is 21.0 Å². The quantitative estimate of drug-likeness (QED) is 0.368. The number of carbonyl (C=O) groups is 1. The van der Waals surface area contributed by atoms with Crippen LogP contribution in [0.4, 0.5) is 11.5 Å². The van der Waals surface area contributed by atoms with Crippen LogP contribution in [0.25, 0.3) is 10.9 Å². The molecule has 4 aromatic rings. The Hall–Kier alpha value is -3.83. The Balaban J connectivity index is 2.00. The summed E-state index contributed by atoms with van der Waals surface area (Å²) in [5.41, 5.74) is 5.88. The van der Waals surface area contributed by atoms with E-state index in [0.717, 1.165) is 0 Å². The van der Waals surface area contributed by atoms with E-state index in [9.17, 15) is 21.6 Å². The number of nitrogens with one attached hydrogen (secondary N) is 2. The van der Waals surface area contributed by atoms with Crippen LogP contribution in [-0.4, -0.2) is 34.8 Å². The van der Waals surface area contributed by atoms with E-state index >= 15 is 0 Å². The van der Waals surface area contributed by atoms with Crippen molar-refractivity contribution in [2.45, 2.75) is 9.79 Å². The molecule has 0 saturated heterocycles. The number of sulfonamides is 2. The minimum absolute atomic E-state index is 0.130. The molecule has 170 valence electrons. The highest BCUT2D eigenvalue weighted by molar-refractivity contribution is 8.10. The van der Waals surface area contributed by atoms with E-state index in [1.54, 1.807) is 19.2 Å². The van der Waals surface area contributed by atoms with Gasteiger partial charge < -0.3 is 16.0 Å². The van der Waals surface area contributed by atoms with Gasteiger partial charge in [-0.25, -0.2) is 16.8 Å². The number of hydrogen-bond donors (Lipinski definition) is 3. The molecule has 0 fully saturated rings. The number of nitrogens with zero attached hydrogens (tertiary/aromatic N) is 1. The summed E-state index contributed by atoms with van der Waals surface area (Å²) in [5.74, 6) is -0.359. The number of primary amides is 1. The van der Waals surface area contributed by atoms with Gasteiger partial charge in [-0.3, -0.25) is 4.79 Å². The van der Waals surface area contributed by atoms with Crippen molar-refractivity contribution in [3.8, 4) is 0 Å². The lowest BCUT2D eigenvalue weighted by Crippen LogP contribution is -2.37. The summed E-state index contributed by atoms with van der Waals surface area (Å²) in [5, 5.41) is 3.24. The largest absolute Gasteiger partial charge is 0.374 e.